The summed E-state index contributed by atoms with van der Waals surface area (Å²) in [6.45, 7) is 1.93. The first-order valence-electron chi connectivity index (χ1n) is 6.94. The topological polar surface area (TPSA) is 42.0 Å². The number of pyridine rings is 1. The minimum atomic E-state index is -0.120. The Labute approximate surface area is 123 Å². The van der Waals surface area contributed by atoms with Crippen LogP contribution in [-0.2, 0) is 0 Å². The highest BCUT2D eigenvalue weighted by Crippen LogP contribution is 2.16. The van der Waals surface area contributed by atoms with Crippen molar-refractivity contribution >= 4 is 16.7 Å². The van der Waals surface area contributed by atoms with Crippen molar-refractivity contribution in [2.24, 2.45) is 0 Å². The molecular weight excluding hydrogens is 260 g/mol. The summed E-state index contributed by atoms with van der Waals surface area (Å²) in [5, 5.41) is 5.17. The molecular formula is C18H16N2O. The molecule has 0 saturated heterocycles. The molecule has 1 aromatic heterocycles. The Morgan fingerprint density at radius 3 is 2.52 bits per heavy atom. The normalized spacial score (nSPS) is 12.0. The molecule has 3 aromatic rings. The quantitative estimate of drug-likeness (QED) is 0.792. The smallest absolute Gasteiger partial charge is 0.251 e. The van der Waals surface area contributed by atoms with E-state index in [-0.39, 0.29) is 11.9 Å². The molecule has 0 aliphatic rings. The van der Waals surface area contributed by atoms with E-state index in [0.717, 1.165) is 16.5 Å². The van der Waals surface area contributed by atoms with Gasteiger partial charge in [-0.1, -0.05) is 36.4 Å². The van der Waals surface area contributed by atoms with Crippen LogP contribution in [0.15, 0.2) is 66.9 Å². The molecule has 104 valence electrons. The van der Waals surface area contributed by atoms with Crippen LogP contribution >= 0.6 is 0 Å². The third-order valence-electron chi connectivity index (χ3n) is 3.49. The number of benzene rings is 2. The lowest BCUT2D eigenvalue weighted by Crippen LogP contribution is -2.27. The Hall–Kier alpha value is -2.68. The van der Waals surface area contributed by atoms with Crippen molar-refractivity contribution in [2.45, 2.75) is 13.0 Å². The molecule has 1 amide bonds. The minimum absolute atomic E-state index is 0.0843. The highest BCUT2D eigenvalue weighted by Gasteiger charge is 2.12. The highest BCUT2D eigenvalue weighted by atomic mass is 16.1. The zero-order valence-corrected chi connectivity index (χ0v) is 11.8. The van der Waals surface area contributed by atoms with Crippen LogP contribution in [0.5, 0.6) is 0 Å². The van der Waals surface area contributed by atoms with Gasteiger partial charge in [0.25, 0.3) is 5.91 Å². The predicted octanol–water partition coefficient (Wildman–Crippen LogP) is 3.73. The Balaban J connectivity index is 1.80. The average molecular weight is 276 g/mol. The van der Waals surface area contributed by atoms with E-state index in [0.29, 0.717) is 5.56 Å². The summed E-state index contributed by atoms with van der Waals surface area (Å²) >= 11 is 0. The van der Waals surface area contributed by atoms with E-state index in [1.54, 1.807) is 6.20 Å². The van der Waals surface area contributed by atoms with Gasteiger partial charge < -0.3 is 5.32 Å². The fraction of sp³-hybridized carbons (Fsp3) is 0.111. The average Bonchev–Trinajstić information content (AvgIpc) is 2.55. The standard InChI is InChI=1S/C18H16N2O/c1-13(17-8-4-5-11-19-17)20-18(21)16-10-9-14-6-2-3-7-15(14)12-16/h2-13H,1H3,(H,20,21). The minimum Gasteiger partial charge on any atom is -0.344 e. The van der Waals surface area contributed by atoms with Gasteiger partial charge in [0.2, 0.25) is 0 Å². The van der Waals surface area contributed by atoms with E-state index in [1.165, 1.54) is 0 Å². The molecule has 3 nitrogen and oxygen atoms in total. The lowest BCUT2D eigenvalue weighted by Gasteiger charge is -2.13. The molecule has 21 heavy (non-hydrogen) atoms. The molecule has 1 N–H and O–H groups in total. The second-order valence-corrected chi connectivity index (χ2v) is 5.01. The number of carbonyl (C=O) groups excluding carboxylic acids is 1. The number of carbonyl (C=O) groups is 1. The predicted molar refractivity (Wildman–Crippen MR) is 84.1 cm³/mol. The van der Waals surface area contributed by atoms with Gasteiger partial charge in [-0.3, -0.25) is 9.78 Å². The summed E-state index contributed by atoms with van der Waals surface area (Å²) in [7, 11) is 0. The maximum atomic E-state index is 12.3. The fourth-order valence-electron chi connectivity index (χ4n) is 2.32. The fourth-order valence-corrected chi connectivity index (χ4v) is 2.32. The highest BCUT2D eigenvalue weighted by molar-refractivity contribution is 5.98. The lowest BCUT2D eigenvalue weighted by molar-refractivity contribution is 0.0939. The van der Waals surface area contributed by atoms with Crippen LogP contribution in [0, 0.1) is 0 Å². The third kappa shape index (κ3) is 2.92. The van der Waals surface area contributed by atoms with E-state index in [1.807, 2.05) is 67.6 Å². The SMILES string of the molecule is CC(NC(=O)c1ccc2ccccc2c1)c1ccccn1. The first-order chi connectivity index (χ1) is 10.2. The number of rotatable bonds is 3. The van der Waals surface area contributed by atoms with Crippen molar-refractivity contribution in [3.63, 3.8) is 0 Å². The summed E-state index contributed by atoms with van der Waals surface area (Å²) in [6.07, 6.45) is 1.73. The summed E-state index contributed by atoms with van der Waals surface area (Å²) in [4.78, 5) is 16.6. The molecule has 0 aliphatic heterocycles. The Bertz CT molecular complexity index is 768. The number of hydrogen-bond donors (Lipinski definition) is 1. The van der Waals surface area contributed by atoms with Gasteiger partial charge in [0.05, 0.1) is 11.7 Å². The van der Waals surface area contributed by atoms with Gasteiger partial charge >= 0.3 is 0 Å². The van der Waals surface area contributed by atoms with E-state index < -0.39 is 0 Å². The van der Waals surface area contributed by atoms with E-state index >= 15 is 0 Å². The molecule has 0 bridgehead atoms. The Morgan fingerprint density at radius 1 is 1.00 bits per heavy atom. The van der Waals surface area contributed by atoms with E-state index in [9.17, 15) is 4.79 Å². The third-order valence-corrected chi connectivity index (χ3v) is 3.49. The molecule has 3 rings (SSSR count). The second-order valence-electron chi connectivity index (χ2n) is 5.01. The molecule has 1 atom stereocenters. The molecule has 0 aliphatic carbocycles. The Kier molecular flexibility index (Phi) is 3.65. The molecule has 0 saturated carbocycles. The number of hydrogen-bond acceptors (Lipinski definition) is 2. The van der Waals surface area contributed by atoms with Gasteiger partial charge in [-0.05, 0) is 42.0 Å². The van der Waals surface area contributed by atoms with Crippen LogP contribution < -0.4 is 5.32 Å². The molecule has 1 heterocycles. The molecule has 3 heteroatoms. The zero-order valence-electron chi connectivity index (χ0n) is 11.8. The summed E-state index contributed by atoms with van der Waals surface area (Å²) in [5.74, 6) is -0.0843. The lowest BCUT2D eigenvalue weighted by atomic mass is 10.1. The number of fused-ring (bicyclic) bond motifs is 1. The number of aromatic nitrogens is 1. The van der Waals surface area contributed by atoms with Crippen molar-refractivity contribution in [3.05, 3.63) is 78.1 Å². The Morgan fingerprint density at radius 2 is 1.76 bits per heavy atom. The van der Waals surface area contributed by atoms with Crippen LogP contribution in [0.2, 0.25) is 0 Å². The van der Waals surface area contributed by atoms with Crippen molar-refractivity contribution < 1.29 is 4.79 Å². The maximum Gasteiger partial charge on any atom is 0.251 e. The molecule has 2 aromatic carbocycles. The second kappa shape index (κ2) is 5.75. The summed E-state index contributed by atoms with van der Waals surface area (Å²) < 4.78 is 0. The van der Waals surface area contributed by atoms with Crippen LogP contribution in [0.25, 0.3) is 10.8 Å². The van der Waals surface area contributed by atoms with Gasteiger partial charge in [0.15, 0.2) is 0 Å². The molecule has 0 fully saturated rings. The van der Waals surface area contributed by atoms with Gasteiger partial charge in [0, 0.05) is 11.8 Å². The monoisotopic (exact) mass is 276 g/mol. The van der Waals surface area contributed by atoms with Crippen LogP contribution in [0.1, 0.15) is 29.0 Å². The zero-order chi connectivity index (χ0) is 14.7. The maximum absolute atomic E-state index is 12.3. The number of nitrogens with zero attached hydrogens (tertiary/aromatic N) is 1. The van der Waals surface area contributed by atoms with Gasteiger partial charge in [-0.25, -0.2) is 0 Å². The van der Waals surface area contributed by atoms with Gasteiger partial charge in [-0.15, -0.1) is 0 Å². The van der Waals surface area contributed by atoms with Gasteiger partial charge in [-0.2, -0.15) is 0 Å². The van der Waals surface area contributed by atoms with Gasteiger partial charge in [0.1, 0.15) is 0 Å². The first-order valence-corrected chi connectivity index (χ1v) is 6.94. The van der Waals surface area contributed by atoms with Crippen LogP contribution in [0.4, 0.5) is 0 Å². The largest absolute Gasteiger partial charge is 0.344 e. The molecule has 0 radical (unpaired) electrons. The number of nitrogens with one attached hydrogen (secondary N) is 1. The summed E-state index contributed by atoms with van der Waals surface area (Å²) in [6, 6.07) is 19.3. The first kappa shape index (κ1) is 13.3. The van der Waals surface area contributed by atoms with Crippen molar-refractivity contribution in [2.75, 3.05) is 0 Å². The van der Waals surface area contributed by atoms with Crippen LogP contribution in [-0.4, -0.2) is 10.9 Å². The summed E-state index contributed by atoms with van der Waals surface area (Å²) in [5.41, 5.74) is 1.52. The van der Waals surface area contributed by atoms with E-state index in [2.05, 4.69) is 10.3 Å². The number of amides is 1. The molecule has 1 unspecified atom stereocenters. The van der Waals surface area contributed by atoms with E-state index in [4.69, 9.17) is 0 Å². The van der Waals surface area contributed by atoms with Crippen molar-refractivity contribution in [1.29, 1.82) is 0 Å². The van der Waals surface area contributed by atoms with Crippen molar-refractivity contribution in [3.8, 4) is 0 Å². The van der Waals surface area contributed by atoms with Crippen LogP contribution in [0.3, 0.4) is 0 Å². The van der Waals surface area contributed by atoms with Crippen molar-refractivity contribution in [1.82, 2.24) is 10.3 Å². The molecule has 0 spiro atoms.